The Morgan fingerprint density at radius 3 is 2.82 bits per heavy atom. The lowest BCUT2D eigenvalue weighted by Gasteiger charge is -2.08. The second-order valence-corrected chi connectivity index (χ2v) is 6.18. The van der Waals surface area contributed by atoms with Crippen molar-refractivity contribution >= 4 is 5.78 Å². The average Bonchev–Trinajstić information content (AvgIpc) is 2.83. The van der Waals surface area contributed by atoms with Gasteiger partial charge in [-0.25, -0.2) is 0 Å². The van der Waals surface area contributed by atoms with Gasteiger partial charge in [-0.2, -0.15) is 0 Å². The first kappa shape index (κ1) is 16.5. The highest BCUT2D eigenvalue weighted by molar-refractivity contribution is 5.98. The van der Waals surface area contributed by atoms with Crippen LogP contribution in [0.25, 0.3) is 0 Å². The molecule has 2 heteroatoms. The van der Waals surface area contributed by atoms with E-state index in [1.54, 1.807) is 7.11 Å². The Morgan fingerprint density at radius 1 is 1.32 bits per heavy atom. The van der Waals surface area contributed by atoms with E-state index < -0.39 is 0 Å². The summed E-state index contributed by atoms with van der Waals surface area (Å²) in [5.74, 6) is 1.70. The van der Waals surface area contributed by atoms with Gasteiger partial charge in [-0.3, -0.25) is 4.79 Å². The van der Waals surface area contributed by atoms with Crippen molar-refractivity contribution in [1.82, 2.24) is 0 Å². The molecule has 0 saturated heterocycles. The minimum Gasteiger partial charge on any atom is -0.497 e. The van der Waals surface area contributed by atoms with E-state index >= 15 is 0 Å². The Balaban J connectivity index is 1.79. The van der Waals surface area contributed by atoms with Crippen LogP contribution in [0.2, 0.25) is 0 Å². The Hall–Kier alpha value is -1.83. The number of Topliss-reactive ketones (excluding diaryl/α,β-unsaturated/α-hetero) is 1. The zero-order valence-electron chi connectivity index (χ0n) is 13.9. The second-order valence-electron chi connectivity index (χ2n) is 6.18. The van der Waals surface area contributed by atoms with Gasteiger partial charge in [0, 0.05) is 6.42 Å². The summed E-state index contributed by atoms with van der Waals surface area (Å²) >= 11 is 0. The van der Waals surface area contributed by atoms with Crippen LogP contribution < -0.4 is 4.74 Å². The second kappa shape index (κ2) is 7.98. The predicted molar refractivity (Wildman–Crippen MR) is 91.2 cm³/mol. The van der Waals surface area contributed by atoms with E-state index in [9.17, 15) is 4.79 Å². The number of aryl methyl sites for hydroxylation is 1. The number of ketones is 1. The summed E-state index contributed by atoms with van der Waals surface area (Å²) in [5, 5.41) is 0. The van der Waals surface area contributed by atoms with E-state index in [-0.39, 0.29) is 0 Å². The quantitative estimate of drug-likeness (QED) is 0.670. The summed E-state index contributed by atoms with van der Waals surface area (Å²) in [7, 11) is 1.70. The van der Waals surface area contributed by atoms with Gasteiger partial charge in [0.1, 0.15) is 5.75 Å². The van der Waals surface area contributed by atoms with Crippen molar-refractivity contribution in [2.45, 2.75) is 46.0 Å². The van der Waals surface area contributed by atoms with Gasteiger partial charge in [0.25, 0.3) is 0 Å². The van der Waals surface area contributed by atoms with Gasteiger partial charge in [-0.05, 0) is 61.8 Å². The van der Waals surface area contributed by atoms with Crippen LogP contribution in [0, 0.1) is 5.92 Å². The zero-order chi connectivity index (χ0) is 15.9. The molecule has 0 aromatic heterocycles. The Labute approximate surface area is 133 Å². The van der Waals surface area contributed by atoms with E-state index in [2.05, 4.69) is 38.1 Å². The summed E-state index contributed by atoms with van der Waals surface area (Å²) in [5.41, 5.74) is 3.66. The third kappa shape index (κ3) is 4.59. The number of methoxy groups -OCH3 is 1. The molecule has 0 radical (unpaired) electrons. The minimum atomic E-state index is 0.356. The predicted octanol–water partition coefficient (Wildman–Crippen LogP) is 4.89. The lowest BCUT2D eigenvalue weighted by Crippen LogP contribution is -2.01. The van der Waals surface area contributed by atoms with Crippen LogP contribution in [-0.2, 0) is 11.2 Å². The highest BCUT2D eigenvalue weighted by Gasteiger charge is 2.20. The molecule has 2 rings (SSSR count). The van der Waals surface area contributed by atoms with Crippen molar-refractivity contribution in [3.8, 4) is 5.75 Å². The van der Waals surface area contributed by atoms with Crippen molar-refractivity contribution in [3.63, 3.8) is 0 Å². The molecule has 0 amide bonds. The van der Waals surface area contributed by atoms with Crippen LogP contribution in [0.15, 0.2) is 47.6 Å². The van der Waals surface area contributed by atoms with Crippen molar-refractivity contribution in [2.75, 3.05) is 7.11 Å². The summed E-state index contributed by atoms with van der Waals surface area (Å²) < 4.78 is 5.24. The first-order valence-corrected chi connectivity index (χ1v) is 8.11. The molecule has 1 atom stereocenters. The molecule has 0 spiro atoms. The molecule has 1 aromatic carbocycles. The smallest absolute Gasteiger partial charge is 0.159 e. The average molecular weight is 298 g/mol. The van der Waals surface area contributed by atoms with Gasteiger partial charge < -0.3 is 4.74 Å². The number of benzene rings is 1. The highest BCUT2D eigenvalue weighted by Crippen LogP contribution is 2.28. The van der Waals surface area contributed by atoms with Gasteiger partial charge in [0.2, 0.25) is 0 Å². The lowest BCUT2D eigenvalue weighted by atomic mass is 9.97. The summed E-state index contributed by atoms with van der Waals surface area (Å²) in [4.78, 5) is 11.8. The largest absolute Gasteiger partial charge is 0.497 e. The van der Waals surface area contributed by atoms with Crippen molar-refractivity contribution < 1.29 is 9.53 Å². The van der Waals surface area contributed by atoms with Crippen LogP contribution in [0.5, 0.6) is 5.75 Å². The molecule has 0 N–H and O–H groups in total. The molecule has 1 unspecified atom stereocenters. The number of ether oxygens (including phenoxy) is 1. The molecule has 0 heterocycles. The number of carbonyl (C=O) groups excluding carboxylic acids is 1. The van der Waals surface area contributed by atoms with Crippen LogP contribution in [0.1, 0.15) is 45.1 Å². The number of carbonyl (C=O) groups is 1. The van der Waals surface area contributed by atoms with Gasteiger partial charge in [0.05, 0.1) is 7.11 Å². The van der Waals surface area contributed by atoms with Crippen LogP contribution in [0.3, 0.4) is 0 Å². The molecule has 0 bridgehead atoms. The lowest BCUT2D eigenvalue weighted by molar-refractivity contribution is -0.115. The first-order chi connectivity index (χ1) is 10.6. The molecule has 1 aliphatic carbocycles. The summed E-state index contributed by atoms with van der Waals surface area (Å²) in [6.45, 7) is 4.29. The van der Waals surface area contributed by atoms with Crippen LogP contribution >= 0.6 is 0 Å². The zero-order valence-corrected chi connectivity index (χ0v) is 13.9. The van der Waals surface area contributed by atoms with Gasteiger partial charge in [-0.15, -0.1) is 0 Å². The van der Waals surface area contributed by atoms with Gasteiger partial charge in [0.15, 0.2) is 5.78 Å². The SMILES string of the molecule is COc1cccc(CC/C=C/C(C)CC2=C(C)CCC2=O)c1. The van der Waals surface area contributed by atoms with Crippen molar-refractivity contribution in [1.29, 1.82) is 0 Å². The normalized spacial score (nSPS) is 16.6. The van der Waals surface area contributed by atoms with Gasteiger partial charge >= 0.3 is 0 Å². The molecule has 0 saturated carbocycles. The molecular weight excluding hydrogens is 272 g/mol. The van der Waals surface area contributed by atoms with E-state index in [0.717, 1.165) is 37.0 Å². The fourth-order valence-electron chi connectivity index (χ4n) is 2.93. The maximum Gasteiger partial charge on any atom is 0.159 e. The number of hydrogen-bond acceptors (Lipinski definition) is 2. The Morgan fingerprint density at radius 2 is 2.14 bits per heavy atom. The molecule has 118 valence electrons. The summed E-state index contributed by atoms with van der Waals surface area (Å²) in [6.07, 6.45) is 9.07. The number of hydrogen-bond donors (Lipinski definition) is 0. The van der Waals surface area contributed by atoms with Gasteiger partial charge in [-0.1, -0.05) is 36.8 Å². The van der Waals surface area contributed by atoms with E-state index in [0.29, 0.717) is 18.1 Å². The van der Waals surface area contributed by atoms with E-state index in [4.69, 9.17) is 4.74 Å². The fourth-order valence-corrected chi connectivity index (χ4v) is 2.93. The molecular formula is C20H26O2. The monoisotopic (exact) mass is 298 g/mol. The van der Waals surface area contributed by atoms with E-state index in [1.807, 2.05) is 12.1 Å². The van der Waals surface area contributed by atoms with Crippen molar-refractivity contribution in [2.24, 2.45) is 5.92 Å². The Bertz CT molecular complexity index is 581. The maximum absolute atomic E-state index is 11.8. The number of rotatable bonds is 7. The topological polar surface area (TPSA) is 26.3 Å². The molecule has 1 aromatic rings. The minimum absolute atomic E-state index is 0.356. The number of allylic oxidation sites excluding steroid dienone is 4. The molecule has 1 aliphatic rings. The van der Waals surface area contributed by atoms with Crippen molar-refractivity contribution in [3.05, 3.63) is 53.1 Å². The molecule has 0 fully saturated rings. The standard InChI is InChI=1S/C20H26O2/c1-15(13-19-16(2)11-12-20(19)21)7-4-5-8-17-9-6-10-18(14-17)22-3/h4,6-7,9-10,14-15H,5,8,11-13H2,1-3H3/b7-4+. The highest BCUT2D eigenvalue weighted by atomic mass is 16.5. The molecule has 2 nitrogen and oxygen atoms in total. The molecule has 22 heavy (non-hydrogen) atoms. The van der Waals surface area contributed by atoms with E-state index in [1.165, 1.54) is 11.1 Å². The Kier molecular flexibility index (Phi) is 6.00. The third-order valence-corrected chi connectivity index (χ3v) is 4.30. The summed E-state index contributed by atoms with van der Waals surface area (Å²) in [6, 6.07) is 8.21. The maximum atomic E-state index is 11.8. The first-order valence-electron chi connectivity index (χ1n) is 8.11. The van der Waals surface area contributed by atoms with Crippen LogP contribution in [-0.4, -0.2) is 12.9 Å². The molecule has 0 aliphatic heterocycles. The fraction of sp³-hybridized carbons (Fsp3) is 0.450. The third-order valence-electron chi connectivity index (χ3n) is 4.30. The van der Waals surface area contributed by atoms with Crippen LogP contribution in [0.4, 0.5) is 0 Å².